The summed E-state index contributed by atoms with van der Waals surface area (Å²) in [5.41, 5.74) is -0.801. The molecule has 5 atom stereocenters. The number of aliphatic hydroxyl groups excluding tert-OH is 4. The number of aliphatic hydroxyl groups is 4. The second-order valence-electron chi connectivity index (χ2n) is 7.29. The zero-order valence-electron chi connectivity index (χ0n) is 16.3. The molecule has 0 amide bonds. The zero-order valence-corrected chi connectivity index (χ0v) is 16.3. The van der Waals surface area contributed by atoms with Crippen LogP contribution in [0.25, 0.3) is 22.3 Å². The fourth-order valence-corrected chi connectivity index (χ4v) is 3.46. The fourth-order valence-electron chi connectivity index (χ4n) is 3.46. The summed E-state index contributed by atoms with van der Waals surface area (Å²) in [7, 11) is 0. The van der Waals surface area contributed by atoms with E-state index >= 15 is 0 Å². The second kappa shape index (κ2) is 8.30. The van der Waals surface area contributed by atoms with E-state index in [1.165, 1.54) is 24.3 Å². The van der Waals surface area contributed by atoms with Gasteiger partial charge in [0.1, 0.15) is 52.6 Å². The Morgan fingerprint density at radius 1 is 0.906 bits per heavy atom. The molecule has 1 aliphatic heterocycles. The molecule has 1 saturated heterocycles. The second-order valence-corrected chi connectivity index (χ2v) is 7.29. The molecule has 0 radical (unpaired) electrons. The Balaban J connectivity index is 1.89. The summed E-state index contributed by atoms with van der Waals surface area (Å²) in [4.78, 5) is 13.2. The van der Waals surface area contributed by atoms with Crippen molar-refractivity contribution in [3.63, 3.8) is 0 Å². The first-order valence-electron chi connectivity index (χ1n) is 9.50. The molecule has 4 rings (SSSR count). The van der Waals surface area contributed by atoms with Crippen LogP contribution in [-0.2, 0) is 4.74 Å². The van der Waals surface area contributed by atoms with E-state index in [1.807, 2.05) is 0 Å². The zero-order chi connectivity index (χ0) is 23.2. The van der Waals surface area contributed by atoms with Crippen LogP contribution in [0, 0.1) is 0 Å². The van der Waals surface area contributed by atoms with Crippen molar-refractivity contribution in [2.24, 2.45) is 0 Å². The van der Waals surface area contributed by atoms with Gasteiger partial charge in [-0.25, -0.2) is 0 Å². The minimum Gasteiger partial charge on any atom is -0.508 e. The van der Waals surface area contributed by atoms with Gasteiger partial charge >= 0.3 is 0 Å². The van der Waals surface area contributed by atoms with Crippen LogP contribution < -0.4 is 10.2 Å². The van der Waals surface area contributed by atoms with Crippen LogP contribution in [-0.4, -0.2) is 73.1 Å². The maximum absolute atomic E-state index is 13.2. The van der Waals surface area contributed by atoms with Gasteiger partial charge in [0, 0.05) is 17.7 Å². The Morgan fingerprint density at radius 2 is 1.59 bits per heavy atom. The average Bonchev–Trinajstić information content (AvgIpc) is 2.75. The van der Waals surface area contributed by atoms with Crippen LogP contribution >= 0.6 is 0 Å². The minimum absolute atomic E-state index is 0.0661. The lowest BCUT2D eigenvalue weighted by Crippen LogP contribution is -2.60. The predicted octanol–water partition coefficient (Wildman–Crippen LogP) is -0.244. The lowest BCUT2D eigenvalue weighted by Gasteiger charge is -2.39. The number of hydrogen-bond acceptors (Lipinski definition) is 11. The molecule has 11 heteroatoms. The Labute approximate surface area is 179 Å². The van der Waals surface area contributed by atoms with E-state index in [-0.39, 0.29) is 33.8 Å². The Hall–Kier alpha value is -3.35. The highest BCUT2D eigenvalue weighted by atomic mass is 16.7. The van der Waals surface area contributed by atoms with E-state index < -0.39 is 54.2 Å². The van der Waals surface area contributed by atoms with Crippen LogP contribution in [0.2, 0.25) is 0 Å². The molecule has 2 heterocycles. The van der Waals surface area contributed by atoms with E-state index in [4.69, 9.17) is 13.9 Å². The molecule has 7 N–H and O–H groups in total. The van der Waals surface area contributed by atoms with Gasteiger partial charge in [0.15, 0.2) is 5.76 Å². The average molecular weight is 448 g/mol. The number of hydrogen-bond donors (Lipinski definition) is 7. The summed E-state index contributed by atoms with van der Waals surface area (Å²) in [6, 6.07) is 7.48. The highest BCUT2D eigenvalue weighted by Gasteiger charge is 2.45. The Bertz CT molecular complexity index is 1190. The number of ether oxygens (including phenoxy) is 2. The first kappa shape index (κ1) is 21.9. The van der Waals surface area contributed by atoms with E-state index in [0.717, 1.165) is 12.1 Å². The van der Waals surface area contributed by atoms with E-state index in [1.54, 1.807) is 0 Å². The number of rotatable bonds is 4. The van der Waals surface area contributed by atoms with E-state index in [2.05, 4.69) is 0 Å². The maximum atomic E-state index is 13.2. The van der Waals surface area contributed by atoms with Gasteiger partial charge in [-0.3, -0.25) is 4.79 Å². The molecule has 32 heavy (non-hydrogen) atoms. The van der Waals surface area contributed by atoms with Gasteiger partial charge in [0.05, 0.1) is 6.61 Å². The van der Waals surface area contributed by atoms with Gasteiger partial charge in [0.2, 0.25) is 17.5 Å². The Kier molecular flexibility index (Phi) is 5.67. The van der Waals surface area contributed by atoms with Gasteiger partial charge in [0.25, 0.3) is 0 Å². The molecule has 1 aromatic heterocycles. The molecule has 1 unspecified atom stereocenters. The quantitative estimate of drug-likeness (QED) is 0.279. The summed E-state index contributed by atoms with van der Waals surface area (Å²) in [5.74, 6) is -1.73. The highest BCUT2D eigenvalue weighted by Crippen LogP contribution is 2.37. The summed E-state index contributed by atoms with van der Waals surface area (Å²) >= 11 is 0. The van der Waals surface area contributed by atoms with Gasteiger partial charge in [-0.15, -0.1) is 0 Å². The van der Waals surface area contributed by atoms with Crippen LogP contribution in [0.5, 0.6) is 23.0 Å². The third kappa shape index (κ3) is 3.72. The molecule has 0 saturated carbocycles. The van der Waals surface area contributed by atoms with Crippen molar-refractivity contribution in [1.29, 1.82) is 0 Å². The first-order chi connectivity index (χ1) is 15.2. The van der Waals surface area contributed by atoms with E-state index in [9.17, 15) is 40.5 Å². The summed E-state index contributed by atoms with van der Waals surface area (Å²) in [5, 5.41) is 68.8. The number of aromatic hydroxyl groups is 3. The normalized spacial score (nSPS) is 25.7. The standard InChI is InChI=1S/C21H20O11/c22-7-13-15(26)17(28)18(29)21(31-13)32-20-16(27)14-11(25)5-10(24)6-12(14)30-19(20)8-1-3-9(23)4-2-8/h1-6,13,15,17-18,21-26,28-29H,7H2/t13-,15+,17+,18-,21?/m0/s1. The van der Waals surface area contributed by atoms with Gasteiger partial charge in [-0.2, -0.15) is 0 Å². The Morgan fingerprint density at radius 3 is 2.25 bits per heavy atom. The minimum atomic E-state index is -1.80. The molecule has 11 nitrogen and oxygen atoms in total. The predicted molar refractivity (Wildman–Crippen MR) is 107 cm³/mol. The smallest absolute Gasteiger partial charge is 0.239 e. The molecule has 1 aliphatic rings. The fraction of sp³-hybridized carbons (Fsp3) is 0.286. The molecular weight excluding hydrogens is 428 g/mol. The molecule has 0 aliphatic carbocycles. The van der Waals surface area contributed by atoms with Gasteiger partial charge in [-0.05, 0) is 24.3 Å². The monoisotopic (exact) mass is 448 g/mol. The van der Waals surface area contributed by atoms with Crippen molar-refractivity contribution in [3.05, 3.63) is 46.6 Å². The molecule has 3 aromatic rings. The number of phenols is 3. The van der Waals surface area contributed by atoms with Crippen LogP contribution in [0.1, 0.15) is 0 Å². The number of fused-ring (bicyclic) bond motifs is 1. The van der Waals surface area contributed by atoms with Crippen molar-refractivity contribution in [2.75, 3.05) is 6.61 Å². The lowest BCUT2D eigenvalue weighted by molar-refractivity contribution is -0.277. The van der Waals surface area contributed by atoms with Crippen LogP contribution in [0.15, 0.2) is 45.6 Å². The summed E-state index contributed by atoms with van der Waals surface area (Å²) < 4.78 is 16.6. The molecule has 170 valence electrons. The molecule has 0 bridgehead atoms. The molecule has 2 aromatic carbocycles. The van der Waals surface area contributed by atoms with Gasteiger partial charge in [-0.1, -0.05) is 0 Å². The van der Waals surface area contributed by atoms with Crippen LogP contribution in [0.3, 0.4) is 0 Å². The third-order valence-corrected chi connectivity index (χ3v) is 5.13. The third-order valence-electron chi connectivity index (χ3n) is 5.13. The van der Waals surface area contributed by atoms with Crippen molar-refractivity contribution >= 4 is 11.0 Å². The van der Waals surface area contributed by atoms with Crippen LogP contribution in [0.4, 0.5) is 0 Å². The largest absolute Gasteiger partial charge is 0.508 e. The number of benzene rings is 2. The summed E-state index contributed by atoms with van der Waals surface area (Å²) in [6.45, 7) is -0.706. The van der Waals surface area contributed by atoms with Gasteiger partial charge < -0.3 is 49.6 Å². The SMILES string of the molecule is O=c1c(OC2O[C@@H](CO)[C@@H](O)[C@@H](O)[C@@H]2O)c(-c2ccc(O)cc2)oc2cc(O)cc(O)c12. The van der Waals surface area contributed by atoms with Crippen molar-refractivity contribution in [2.45, 2.75) is 30.7 Å². The summed E-state index contributed by atoms with van der Waals surface area (Å²) in [6.07, 6.45) is -8.16. The lowest BCUT2D eigenvalue weighted by atomic mass is 9.99. The maximum Gasteiger partial charge on any atom is 0.239 e. The molecule has 0 spiro atoms. The molecule has 1 fully saturated rings. The topological polar surface area (TPSA) is 190 Å². The van der Waals surface area contributed by atoms with Crippen molar-refractivity contribution in [3.8, 4) is 34.3 Å². The highest BCUT2D eigenvalue weighted by molar-refractivity contribution is 5.88. The van der Waals surface area contributed by atoms with Crippen molar-refractivity contribution in [1.82, 2.24) is 0 Å². The first-order valence-corrected chi connectivity index (χ1v) is 9.50. The molecular formula is C21H20O11. The van der Waals surface area contributed by atoms with Crippen molar-refractivity contribution < 1.29 is 49.6 Å². The van der Waals surface area contributed by atoms with E-state index in [0.29, 0.717) is 0 Å². The number of phenolic OH excluding ortho intramolecular Hbond substituents is 3.